The predicted molar refractivity (Wildman–Crippen MR) is 64.8 cm³/mol. The zero-order chi connectivity index (χ0) is 13.8. The van der Waals surface area contributed by atoms with Gasteiger partial charge in [-0.3, -0.25) is 9.69 Å². The molecule has 2 aromatic heterocycles. The fourth-order valence-electron chi connectivity index (χ4n) is 1.32. The molecule has 0 aliphatic rings. The number of aryl methyl sites for hydroxylation is 1. The second kappa shape index (κ2) is 5.29. The van der Waals surface area contributed by atoms with Crippen molar-refractivity contribution in [3.05, 3.63) is 28.5 Å². The molecule has 0 aliphatic carbocycles. The number of hydrogen-bond acceptors (Lipinski definition) is 6. The number of aromatic nitrogens is 4. The molecular weight excluding hydrogens is 252 g/mol. The quantitative estimate of drug-likeness (QED) is 0.454. The van der Waals surface area contributed by atoms with Gasteiger partial charge in [0.05, 0.1) is 12.0 Å². The van der Waals surface area contributed by atoms with Crippen LogP contribution in [0.2, 0.25) is 0 Å². The lowest BCUT2D eigenvalue weighted by Crippen LogP contribution is -2.19. The summed E-state index contributed by atoms with van der Waals surface area (Å²) in [6.07, 6.45) is 3.48. The summed E-state index contributed by atoms with van der Waals surface area (Å²) in [6, 6.07) is 0. The molecule has 19 heavy (non-hydrogen) atoms. The third kappa shape index (κ3) is 2.94. The highest BCUT2D eigenvalue weighted by molar-refractivity contribution is 5.74. The summed E-state index contributed by atoms with van der Waals surface area (Å²) >= 11 is 0. The summed E-state index contributed by atoms with van der Waals surface area (Å²) in [4.78, 5) is 31.0. The van der Waals surface area contributed by atoms with Crippen molar-refractivity contribution in [1.82, 2.24) is 24.6 Å². The largest absolute Gasteiger partial charge is 0.434 e. The van der Waals surface area contributed by atoms with Gasteiger partial charge in [-0.15, -0.1) is 5.10 Å². The van der Waals surface area contributed by atoms with Crippen LogP contribution < -0.4 is 5.76 Å². The Balaban J connectivity index is 2.09. The van der Waals surface area contributed by atoms with Crippen molar-refractivity contribution in [3.8, 4) is 0 Å². The van der Waals surface area contributed by atoms with Crippen molar-refractivity contribution >= 4 is 18.6 Å². The Morgan fingerprint density at radius 1 is 1.63 bits per heavy atom. The Bertz CT molecular complexity index is 652. The maximum absolute atomic E-state index is 10.9. The maximum atomic E-state index is 10.9. The first-order valence-corrected chi connectivity index (χ1v) is 5.37. The first kappa shape index (κ1) is 12.7. The van der Waals surface area contributed by atoms with Crippen LogP contribution in [-0.4, -0.2) is 37.4 Å². The lowest BCUT2D eigenvalue weighted by atomic mass is 10.5. The van der Waals surface area contributed by atoms with E-state index in [0.29, 0.717) is 12.2 Å². The average molecular weight is 264 g/mol. The number of nitrogens with one attached hydrogen (secondary N) is 1. The molecule has 0 spiro atoms. The first-order chi connectivity index (χ1) is 9.10. The topological polar surface area (TPSA) is 109 Å². The molecule has 0 atom stereocenters. The lowest BCUT2D eigenvalue weighted by Gasteiger charge is -2.06. The average Bonchev–Trinajstić information content (AvgIpc) is 2.94. The predicted octanol–water partition coefficient (Wildman–Crippen LogP) is -0.277. The van der Waals surface area contributed by atoms with Gasteiger partial charge in [0, 0.05) is 7.05 Å². The molecule has 0 saturated carbocycles. The molecule has 0 unspecified atom stereocenters. The number of rotatable bonds is 5. The van der Waals surface area contributed by atoms with Crippen LogP contribution in [0.1, 0.15) is 11.6 Å². The monoisotopic (exact) mass is 264 g/mol. The number of aromatic amines is 1. The highest BCUT2D eigenvalue weighted by atomic mass is 16.4. The van der Waals surface area contributed by atoms with Crippen molar-refractivity contribution in [2.75, 3.05) is 0 Å². The van der Waals surface area contributed by atoms with Crippen molar-refractivity contribution < 1.29 is 9.21 Å². The van der Waals surface area contributed by atoms with Crippen LogP contribution in [0.5, 0.6) is 0 Å². The van der Waals surface area contributed by atoms with E-state index in [2.05, 4.69) is 20.2 Å². The molecule has 2 heterocycles. The van der Waals surface area contributed by atoms with E-state index in [1.54, 1.807) is 6.33 Å². The Morgan fingerprint density at radius 2 is 2.42 bits per heavy atom. The molecule has 9 nitrogen and oxygen atoms in total. The van der Waals surface area contributed by atoms with E-state index >= 15 is 0 Å². The third-order valence-corrected chi connectivity index (χ3v) is 2.47. The number of amides is 1. The fraction of sp³-hybridized carbons (Fsp3) is 0.300. The van der Waals surface area contributed by atoms with Crippen molar-refractivity contribution in [2.45, 2.75) is 13.5 Å². The molecular formula is C10H12N6O3. The summed E-state index contributed by atoms with van der Waals surface area (Å²) in [5, 5.41) is 5.70. The van der Waals surface area contributed by atoms with Crippen LogP contribution in [0, 0.1) is 6.92 Å². The highest BCUT2D eigenvalue weighted by Gasteiger charge is 2.07. The SMILES string of the molecule is Cc1c(N=CN(C=O)Cc2n[nH]c(=O)o2)ncn1C. The van der Waals surface area contributed by atoms with Gasteiger partial charge in [-0.1, -0.05) is 0 Å². The normalized spacial score (nSPS) is 11.1. The molecule has 100 valence electrons. The number of H-pyrrole nitrogens is 1. The standard InChI is InChI=1S/C10H12N6O3/c1-7-9(11-4-15(7)2)12-5-16(6-17)3-8-13-14-10(18)19-8/h4-6H,3H2,1-2H3,(H,14,18). The Hall–Kier alpha value is -2.71. The van der Waals surface area contributed by atoms with E-state index in [-0.39, 0.29) is 12.4 Å². The van der Waals surface area contributed by atoms with E-state index < -0.39 is 5.76 Å². The molecule has 0 radical (unpaired) electrons. The zero-order valence-corrected chi connectivity index (χ0v) is 10.4. The second-order valence-corrected chi connectivity index (χ2v) is 3.79. The van der Waals surface area contributed by atoms with Gasteiger partial charge in [0.25, 0.3) is 0 Å². The molecule has 2 aromatic rings. The molecule has 9 heteroatoms. The summed E-state index contributed by atoms with van der Waals surface area (Å²) in [7, 11) is 1.84. The van der Waals surface area contributed by atoms with Gasteiger partial charge >= 0.3 is 5.76 Å². The van der Waals surface area contributed by atoms with Gasteiger partial charge in [-0.05, 0) is 6.92 Å². The van der Waals surface area contributed by atoms with E-state index in [1.807, 2.05) is 18.5 Å². The number of aliphatic imine (C=N–C) groups is 1. The molecule has 0 aliphatic heterocycles. The van der Waals surface area contributed by atoms with Crippen LogP contribution in [0.3, 0.4) is 0 Å². The van der Waals surface area contributed by atoms with Crippen molar-refractivity contribution in [2.24, 2.45) is 12.0 Å². The molecule has 0 bridgehead atoms. The maximum Gasteiger partial charge on any atom is 0.434 e. The van der Waals surface area contributed by atoms with Crippen LogP contribution in [-0.2, 0) is 18.4 Å². The summed E-state index contributed by atoms with van der Waals surface area (Å²) in [6.45, 7) is 1.87. The van der Waals surface area contributed by atoms with Crippen molar-refractivity contribution in [1.29, 1.82) is 0 Å². The van der Waals surface area contributed by atoms with Crippen LogP contribution in [0.4, 0.5) is 5.82 Å². The van der Waals surface area contributed by atoms with Crippen LogP contribution in [0.25, 0.3) is 0 Å². The summed E-state index contributed by atoms with van der Waals surface area (Å²) < 4.78 is 6.50. The molecule has 1 amide bonds. The van der Waals surface area contributed by atoms with Gasteiger partial charge in [0.1, 0.15) is 12.9 Å². The van der Waals surface area contributed by atoms with Gasteiger partial charge in [0.2, 0.25) is 12.3 Å². The minimum absolute atomic E-state index is 0.0115. The van der Waals surface area contributed by atoms with E-state index in [9.17, 15) is 9.59 Å². The highest BCUT2D eigenvalue weighted by Crippen LogP contribution is 2.13. The molecule has 0 saturated heterocycles. The fourth-order valence-corrected chi connectivity index (χ4v) is 1.32. The first-order valence-electron chi connectivity index (χ1n) is 5.37. The third-order valence-electron chi connectivity index (χ3n) is 2.47. The Morgan fingerprint density at radius 3 is 2.95 bits per heavy atom. The zero-order valence-electron chi connectivity index (χ0n) is 10.4. The van der Waals surface area contributed by atoms with Gasteiger partial charge in [0.15, 0.2) is 5.82 Å². The lowest BCUT2D eigenvalue weighted by molar-refractivity contribution is -0.115. The number of carbonyl (C=O) groups is 1. The number of hydrogen-bond donors (Lipinski definition) is 1. The second-order valence-electron chi connectivity index (χ2n) is 3.79. The summed E-state index contributed by atoms with van der Waals surface area (Å²) in [5.41, 5.74) is 0.869. The number of carbonyl (C=O) groups excluding carboxylic acids is 1. The van der Waals surface area contributed by atoms with Gasteiger partial charge < -0.3 is 8.98 Å². The molecule has 0 aromatic carbocycles. The number of imidazole rings is 1. The van der Waals surface area contributed by atoms with Crippen LogP contribution >= 0.6 is 0 Å². The molecule has 0 fully saturated rings. The minimum Gasteiger partial charge on any atom is -0.390 e. The van der Waals surface area contributed by atoms with Crippen LogP contribution in [0.15, 0.2) is 20.5 Å². The molecule has 1 N–H and O–H groups in total. The van der Waals surface area contributed by atoms with Crippen molar-refractivity contribution in [3.63, 3.8) is 0 Å². The number of nitrogens with zero attached hydrogens (tertiary/aromatic N) is 5. The molecule has 2 rings (SSSR count). The summed E-state index contributed by atoms with van der Waals surface area (Å²) in [5.74, 6) is -0.0579. The van der Waals surface area contributed by atoms with E-state index in [1.165, 1.54) is 11.2 Å². The Kier molecular flexibility index (Phi) is 3.55. The smallest absolute Gasteiger partial charge is 0.390 e. The minimum atomic E-state index is -0.668. The van der Waals surface area contributed by atoms with E-state index in [0.717, 1.165) is 5.69 Å². The Labute approximate surface area is 107 Å². The van der Waals surface area contributed by atoms with E-state index in [4.69, 9.17) is 4.42 Å². The van der Waals surface area contributed by atoms with Gasteiger partial charge in [-0.25, -0.2) is 19.9 Å². The van der Waals surface area contributed by atoms with Gasteiger partial charge in [-0.2, -0.15) is 0 Å².